The molecule has 0 fully saturated rings. The minimum Gasteiger partial charge on any atom is -0.366 e. The number of carbonyl (C=O) groups excluding carboxylic acids is 1. The third-order valence-electron chi connectivity index (χ3n) is 1.87. The summed E-state index contributed by atoms with van der Waals surface area (Å²) in [4.78, 5) is 16.2. The van der Waals surface area contributed by atoms with Gasteiger partial charge in [0.25, 0.3) is 0 Å². The summed E-state index contributed by atoms with van der Waals surface area (Å²) in [6.45, 7) is 0. The van der Waals surface area contributed by atoms with E-state index in [-0.39, 0.29) is 6.04 Å². The Labute approximate surface area is 80.1 Å². The second kappa shape index (κ2) is 3.22. The van der Waals surface area contributed by atoms with Gasteiger partial charge in [0.05, 0.1) is 11.1 Å². The Bertz CT molecular complexity index is 366. The lowest BCUT2D eigenvalue weighted by atomic mass is 10.1. The fourth-order valence-electron chi connectivity index (χ4n) is 1.26. The molecular weight excluding hydrogens is 184 g/mol. The van der Waals surface area contributed by atoms with Gasteiger partial charge in [-0.3, -0.25) is 9.79 Å². The van der Waals surface area contributed by atoms with Crippen LogP contribution in [0.1, 0.15) is 0 Å². The molecule has 0 radical (unpaired) electrons. The quantitative estimate of drug-likeness (QED) is 0.673. The lowest BCUT2D eigenvalue weighted by Crippen LogP contribution is -2.15. The van der Waals surface area contributed by atoms with Crippen LogP contribution < -0.4 is 5.73 Å². The first-order chi connectivity index (χ1) is 6.29. The summed E-state index contributed by atoms with van der Waals surface area (Å²) in [5.74, 6) is -0.391. The number of primary amides is 1. The zero-order valence-corrected chi connectivity index (χ0v) is 7.62. The van der Waals surface area contributed by atoms with Crippen LogP contribution in [-0.2, 0) is 4.79 Å². The van der Waals surface area contributed by atoms with Gasteiger partial charge in [-0.1, -0.05) is 30.0 Å². The molecule has 0 aromatic heterocycles. The van der Waals surface area contributed by atoms with E-state index in [0.29, 0.717) is 5.57 Å². The number of thioether (sulfide) groups is 1. The highest BCUT2D eigenvalue weighted by molar-refractivity contribution is 8.15. The largest absolute Gasteiger partial charge is 0.366 e. The van der Waals surface area contributed by atoms with Crippen LogP contribution in [0.2, 0.25) is 0 Å². The minimum absolute atomic E-state index is 0.0116. The second-order valence-electron chi connectivity index (χ2n) is 2.70. The van der Waals surface area contributed by atoms with Gasteiger partial charge in [0.2, 0.25) is 5.91 Å². The van der Waals surface area contributed by atoms with Crippen molar-refractivity contribution < 1.29 is 4.79 Å². The molecule has 0 aromatic rings. The molecule has 1 amide bonds. The van der Waals surface area contributed by atoms with Crippen molar-refractivity contribution in [3.63, 3.8) is 0 Å². The first-order valence-corrected chi connectivity index (χ1v) is 4.74. The normalized spacial score (nSPS) is 24.8. The average Bonchev–Trinajstić information content (AvgIpc) is 2.44. The van der Waals surface area contributed by atoms with Gasteiger partial charge in [-0.2, -0.15) is 0 Å². The number of rotatable bonds is 1. The van der Waals surface area contributed by atoms with Crippen LogP contribution in [0.3, 0.4) is 0 Å². The molecule has 0 spiro atoms. The van der Waals surface area contributed by atoms with Gasteiger partial charge in [0, 0.05) is 4.91 Å². The van der Waals surface area contributed by atoms with E-state index in [1.165, 1.54) is 11.8 Å². The maximum atomic E-state index is 11.1. The van der Waals surface area contributed by atoms with Crippen molar-refractivity contribution in [2.75, 3.05) is 0 Å². The lowest BCUT2D eigenvalue weighted by Gasteiger charge is -2.05. The first kappa shape index (κ1) is 8.31. The Morgan fingerprint density at radius 1 is 1.54 bits per heavy atom. The molecule has 0 aromatic carbocycles. The highest BCUT2D eigenvalue weighted by Gasteiger charge is 2.22. The zero-order valence-electron chi connectivity index (χ0n) is 6.81. The molecular formula is C9H8N2OS. The van der Waals surface area contributed by atoms with Gasteiger partial charge in [-0.05, 0) is 6.08 Å². The minimum atomic E-state index is -0.391. The summed E-state index contributed by atoms with van der Waals surface area (Å²) in [7, 11) is 0. The Kier molecular flexibility index (Phi) is 2.06. The number of aliphatic imine (C=N–C) groups is 1. The predicted molar refractivity (Wildman–Crippen MR) is 54.4 cm³/mol. The topological polar surface area (TPSA) is 55.5 Å². The lowest BCUT2D eigenvalue weighted by molar-refractivity contribution is -0.114. The van der Waals surface area contributed by atoms with Crippen molar-refractivity contribution in [2.24, 2.45) is 10.7 Å². The molecule has 0 saturated carbocycles. The summed E-state index contributed by atoms with van der Waals surface area (Å²) < 4.78 is 0. The Morgan fingerprint density at radius 3 is 3.15 bits per heavy atom. The molecule has 3 nitrogen and oxygen atoms in total. The monoisotopic (exact) mass is 192 g/mol. The zero-order chi connectivity index (χ0) is 9.26. The number of hydrogen-bond donors (Lipinski definition) is 1. The standard InChI is InChI=1S/C9H8N2OS/c10-9(12)6-3-1-2-4-7-8(6)13-5-11-7/h1-5,7H,(H2,10,12). The van der Waals surface area contributed by atoms with E-state index in [4.69, 9.17) is 5.73 Å². The summed E-state index contributed by atoms with van der Waals surface area (Å²) in [5.41, 5.74) is 7.56. The van der Waals surface area contributed by atoms with Gasteiger partial charge < -0.3 is 5.73 Å². The van der Waals surface area contributed by atoms with E-state index < -0.39 is 5.91 Å². The molecule has 13 heavy (non-hydrogen) atoms. The van der Waals surface area contributed by atoms with E-state index in [9.17, 15) is 4.79 Å². The Balaban J connectivity index is 2.47. The number of nitrogens with two attached hydrogens (primary N) is 1. The highest BCUT2D eigenvalue weighted by Crippen LogP contribution is 2.32. The number of carbonyl (C=O) groups is 1. The molecule has 1 aliphatic heterocycles. The van der Waals surface area contributed by atoms with Gasteiger partial charge in [-0.15, -0.1) is 0 Å². The smallest absolute Gasteiger partial charge is 0.249 e. The van der Waals surface area contributed by atoms with Gasteiger partial charge in [0.15, 0.2) is 0 Å². The number of amides is 1. The maximum absolute atomic E-state index is 11.1. The molecule has 1 atom stereocenters. The van der Waals surface area contributed by atoms with Crippen LogP contribution in [-0.4, -0.2) is 17.5 Å². The van der Waals surface area contributed by atoms with Crippen molar-refractivity contribution in [3.05, 3.63) is 34.8 Å². The van der Waals surface area contributed by atoms with Crippen molar-refractivity contribution in [3.8, 4) is 0 Å². The third-order valence-corrected chi connectivity index (χ3v) is 2.81. The first-order valence-electron chi connectivity index (χ1n) is 3.86. The second-order valence-corrected chi connectivity index (χ2v) is 3.59. The van der Waals surface area contributed by atoms with E-state index >= 15 is 0 Å². The maximum Gasteiger partial charge on any atom is 0.249 e. The highest BCUT2D eigenvalue weighted by atomic mass is 32.2. The van der Waals surface area contributed by atoms with Crippen LogP contribution in [0.5, 0.6) is 0 Å². The van der Waals surface area contributed by atoms with Crippen LogP contribution in [0, 0.1) is 0 Å². The van der Waals surface area contributed by atoms with E-state index in [1.54, 1.807) is 11.6 Å². The van der Waals surface area contributed by atoms with Crippen LogP contribution in [0.15, 0.2) is 39.8 Å². The Hall–Kier alpha value is -1.29. The van der Waals surface area contributed by atoms with E-state index in [2.05, 4.69) is 4.99 Å². The average molecular weight is 192 g/mol. The van der Waals surface area contributed by atoms with E-state index in [1.807, 2.05) is 18.2 Å². The molecule has 2 rings (SSSR count). The molecule has 0 saturated heterocycles. The number of nitrogens with zero attached hydrogens (tertiary/aromatic N) is 1. The predicted octanol–water partition coefficient (Wildman–Crippen LogP) is 0.996. The fraction of sp³-hybridized carbons (Fsp3) is 0.111. The summed E-state index contributed by atoms with van der Waals surface area (Å²) >= 11 is 1.46. The van der Waals surface area contributed by atoms with Crippen molar-refractivity contribution in [2.45, 2.75) is 6.04 Å². The van der Waals surface area contributed by atoms with Crippen molar-refractivity contribution in [1.29, 1.82) is 0 Å². The fourth-order valence-corrected chi connectivity index (χ4v) is 2.14. The van der Waals surface area contributed by atoms with Gasteiger partial charge >= 0.3 is 0 Å². The molecule has 1 unspecified atom stereocenters. The molecule has 1 aliphatic carbocycles. The summed E-state index contributed by atoms with van der Waals surface area (Å²) in [6, 6.07) is -0.0116. The summed E-state index contributed by atoms with van der Waals surface area (Å²) in [6.07, 6.45) is 7.36. The van der Waals surface area contributed by atoms with Crippen LogP contribution in [0.25, 0.3) is 0 Å². The molecule has 0 bridgehead atoms. The molecule has 2 N–H and O–H groups in total. The molecule has 4 heteroatoms. The summed E-state index contributed by atoms with van der Waals surface area (Å²) in [5, 5.41) is 0. The SMILES string of the molecule is NC(=O)C1=C2SC=NC2C=CC=C1. The molecule has 2 aliphatic rings. The van der Waals surface area contributed by atoms with E-state index in [0.717, 1.165) is 4.91 Å². The Morgan fingerprint density at radius 2 is 2.38 bits per heavy atom. The molecule has 1 heterocycles. The van der Waals surface area contributed by atoms with Crippen LogP contribution in [0.4, 0.5) is 0 Å². The third kappa shape index (κ3) is 1.45. The number of allylic oxidation sites excluding steroid dienone is 2. The van der Waals surface area contributed by atoms with Crippen molar-refractivity contribution >= 4 is 23.2 Å². The van der Waals surface area contributed by atoms with Gasteiger partial charge in [-0.25, -0.2) is 0 Å². The number of hydrogen-bond acceptors (Lipinski definition) is 3. The number of fused-ring (bicyclic) bond motifs is 1. The van der Waals surface area contributed by atoms with Gasteiger partial charge in [0.1, 0.15) is 6.04 Å². The van der Waals surface area contributed by atoms with Crippen LogP contribution >= 0.6 is 11.8 Å². The molecule has 66 valence electrons. The van der Waals surface area contributed by atoms with Crippen molar-refractivity contribution in [1.82, 2.24) is 0 Å².